The molecule has 0 aliphatic rings. The molecule has 190 valence electrons. The van der Waals surface area contributed by atoms with Crippen LogP contribution >= 0.6 is 0 Å². The van der Waals surface area contributed by atoms with Gasteiger partial charge < -0.3 is 24.6 Å². The van der Waals surface area contributed by atoms with Crippen LogP contribution in [-0.4, -0.2) is 59.4 Å². The molecule has 2 rings (SSSR count). The van der Waals surface area contributed by atoms with Gasteiger partial charge in [-0.15, -0.1) is 0 Å². The molecule has 1 aromatic heterocycles. The van der Waals surface area contributed by atoms with Crippen LogP contribution < -0.4 is 10.1 Å². The monoisotopic (exact) mass is 471 g/mol. The summed E-state index contributed by atoms with van der Waals surface area (Å²) in [5, 5.41) is 12.7. The van der Waals surface area contributed by atoms with Crippen molar-refractivity contribution in [2.45, 2.75) is 79.4 Å². The lowest BCUT2D eigenvalue weighted by atomic mass is 9.71. The molecule has 1 atom stereocenters. The number of aliphatic hydroxyl groups is 1. The van der Waals surface area contributed by atoms with Crippen LogP contribution in [-0.2, 0) is 12.0 Å². The number of carbonyl (C=O) groups is 1. The van der Waals surface area contributed by atoms with Gasteiger partial charge in [-0.3, -0.25) is 4.79 Å². The van der Waals surface area contributed by atoms with Gasteiger partial charge in [-0.1, -0.05) is 39.8 Å². The van der Waals surface area contributed by atoms with Gasteiger partial charge in [0.15, 0.2) is 0 Å². The number of hydrogen-bond donors (Lipinski definition) is 2. The maximum absolute atomic E-state index is 13.1. The molecule has 1 aromatic carbocycles. The van der Waals surface area contributed by atoms with Crippen LogP contribution in [0.15, 0.2) is 30.5 Å². The van der Waals surface area contributed by atoms with Crippen LogP contribution in [0.25, 0.3) is 0 Å². The molecule has 6 nitrogen and oxygen atoms in total. The molecule has 0 bridgehead atoms. The predicted octanol–water partition coefficient (Wildman–Crippen LogP) is 4.75. The minimum atomic E-state index is -0.505. The van der Waals surface area contributed by atoms with Crippen LogP contribution in [0.3, 0.4) is 0 Å². The smallest absolute Gasteiger partial charge is 0.267 e. The van der Waals surface area contributed by atoms with Gasteiger partial charge in [-0.2, -0.15) is 0 Å². The summed E-state index contributed by atoms with van der Waals surface area (Å²) in [6.07, 6.45) is 3.50. The topological polar surface area (TPSA) is 66.7 Å². The second-order valence-electron chi connectivity index (χ2n) is 9.11. The molecule has 2 aromatic rings. The minimum absolute atomic E-state index is 0.0144. The maximum Gasteiger partial charge on any atom is 0.267 e. The zero-order chi connectivity index (χ0) is 25.3. The highest BCUT2D eigenvalue weighted by atomic mass is 16.5. The zero-order valence-corrected chi connectivity index (χ0v) is 22.3. The standard InChI is InChI=1S/C28H45N3O3/c1-8-28(9-2,23-13-14-26(21(6)17-23)34-20-22(7)32)24-18-25(31(12-5)19-24)27(33)29-15-16-30(10-3)11-4/h13-14,17-19,22,32H,8-12,15-16,20H2,1-7H3,(H,29,33). The predicted molar refractivity (Wildman–Crippen MR) is 140 cm³/mol. The Labute approximate surface area is 206 Å². The molecule has 34 heavy (non-hydrogen) atoms. The van der Waals surface area contributed by atoms with Crippen LogP contribution in [0.4, 0.5) is 0 Å². The maximum atomic E-state index is 13.1. The van der Waals surface area contributed by atoms with E-state index in [1.807, 2.05) is 13.0 Å². The highest BCUT2D eigenvalue weighted by Gasteiger charge is 2.33. The lowest BCUT2D eigenvalue weighted by Crippen LogP contribution is -2.35. The number of benzene rings is 1. The molecule has 6 heteroatoms. The molecular formula is C28H45N3O3. The first kappa shape index (κ1) is 27.9. The third kappa shape index (κ3) is 6.42. The third-order valence-electron chi connectivity index (χ3n) is 7.05. The second-order valence-corrected chi connectivity index (χ2v) is 9.11. The van der Waals surface area contributed by atoms with Gasteiger partial charge in [0.2, 0.25) is 0 Å². The molecule has 2 N–H and O–H groups in total. The zero-order valence-electron chi connectivity index (χ0n) is 22.3. The molecule has 1 amide bonds. The second kappa shape index (κ2) is 13.0. The lowest BCUT2D eigenvalue weighted by molar-refractivity contribution is 0.0939. The SMILES string of the molecule is CCN(CC)CCNC(=O)c1cc(C(CC)(CC)c2ccc(OCC(C)O)c(C)c2)cn1CC. The molecule has 1 unspecified atom stereocenters. The van der Waals surface area contributed by atoms with Gasteiger partial charge in [0.05, 0.1) is 6.10 Å². The number of aliphatic hydroxyl groups excluding tert-OH is 1. The molecule has 0 saturated carbocycles. The van der Waals surface area contributed by atoms with Crippen LogP contribution in [0.5, 0.6) is 5.75 Å². The summed E-state index contributed by atoms with van der Waals surface area (Å²) in [4.78, 5) is 15.4. The van der Waals surface area contributed by atoms with Crippen molar-refractivity contribution in [2.24, 2.45) is 0 Å². The highest BCUT2D eigenvalue weighted by molar-refractivity contribution is 5.93. The van der Waals surface area contributed by atoms with Crippen LogP contribution in [0, 0.1) is 6.92 Å². The van der Waals surface area contributed by atoms with Crippen molar-refractivity contribution >= 4 is 5.91 Å². The number of nitrogens with zero attached hydrogens (tertiary/aromatic N) is 2. The number of likely N-dealkylation sites (N-methyl/N-ethyl adjacent to an activating group) is 1. The molecule has 0 saturated heterocycles. The largest absolute Gasteiger partial charge is 0.491 e. The van der Waals surface area contributed by atoms with E-state index in [0.29, 0.717) is 6.54 Å². The van der Waals surface area contributed by atoms with E-state index >= 15 is 0 Å². The van der Waals surface area contributed by atoms with Crippen LogP contribution in [0.1, 0.15) is 81.6 Å². The molecule has 0 fully saturated rings. The van der Waals surface area contributed by atoms with E-state index in [2.05, 4.69) is 73.8 Å². The normalized spacial score (nSPS) is 12.7. The molecule has 0 aliphatic heterocycles. The number of carbonyl (C=O) groups excluding carboxylic acids is 1. The Morgan fingerprint density at radius 1 is 1.12 bits per heavy atom. The fourth-order valence-corrected chi connectivity index (χ4v) is 4.73. The first-order chi connectivity index (χ1) is 16.3. The summed E-state index contributed by atoms with van der Waals surface area (Å²) < 4.78 is 7.84. The number of ether oxygens (including phenoxy) is 1. The van der Waals surface area contributed by atoms with Gasteiger partial charge in [-0.25, -0.2) is 0 Å². The minimum Gasteiger partial charge on any atom is -0.491 e. The Kier molecular flexibility index (Phi) is 10.6. The Bertz CT molecular complexity index is 912. The third-order valence-corrected chi connectivity index (χ3v) is 7.05. The number of aromatic nitrogens is 1. The van der Waals surface area contributed by atoms with Crippen molar-refractivity contribution in [1.82, 2.24) is 14.8 Å². The fourth-order valence-electron chi connectivity index (χ4n) is 4.73. The fraction of sp³-hybridized carbons (Fsp3) is 0.607. The highest BCUT2D eigenvalue weighted by Crippen LogP contribution is 2.41. The van der Waals surface area contributed by atoms with E-state index in [9.17, 15) is 9.90 Å². The summed E-state index contributed by atoms with van der Waals surface area (Å²) in [6.45, 7) is 19.0. The molecule has 0 aliphatic carbocycles. The number of hydrogen-bond acceptors (Lipinski definition) is 4. The Hall–Kier alpha value is -2.31. The van der Waals surface area contributed by atoms with Crippen molar-refractivity contribution in [3.05, 3.63) is 52.8 Å². The van der Waals surface area contributed by atoms with Gasteiger partial charge >= 0.3 is 0 Å². The summed E-state index contributed by atoms with van der Waals surface area (Å²) in [5.74, 6) is 0.782. The van der Waals surface area contributed by atoms with Gasteiger partial charge in [-0.05, 0) is 75.5 Å². The van der Waals surface area contributed by atoms with Gasteiger partial charge in [0.1, 0.15) is 18.1 Å². The Balaban J connectivity index is 2.34. The summed E-state index contributed by atoms with van der Waals surface area (Å²) in [6, 6.07) is 8.41. The van der Waals surface area contributed by atoms with Crippen molar-refractivity contribution in [3.63, 3.8) is 0 Å². The summed E-state index contributed by atoms with van der Waals surface area (Å²) in [7, 11) is 0. The number of rotatable bonds is 14. The number of amides is 1. The van der Waals surface area contributed by atoms with Gasteiger partial charge in [0, 0.05) is 31.2 Å². The van der Waals surface area contributed by atoms with Crippen molar-refractivity contribution < 1.29 is 14.6 Å². The molecule has 0 radical (unpaired) electrons. The van der Waals surface area contributed by atoms with E-state index in [1.165, 1.54) is 11.1 Å². The Morgan fingerprint density at radius 2 is 1.79 bits per heavy atom. The van der Waals surface area contributed by atoms with Crippen molar-refractivity contribution in [3.8, 4) is 5.75 Å². The van der Waals surface area contributed by atoms with Crippen molar-refractivity contribution in [1.29, 1.82) is 0 Å². The lowest BCUT2D eigenvalue weighted by Gasteiger charge is -2.32. The average Bonchev–Trinajstić information content (AvgIpc) is 3.27. The van der Waals surface area contributed by atoms with E-state index in [-0.39, 0.29) is 17.9 Å². The summed E-state index contributed by atoms with van der Waals surface area (Å²) >= 11 is 0. The first-order valence-electron chi connectivity index (χ1n) is 12.9. The van der Waals surface area contributed by atoms with Crippen molar-refractivity contribution in [2.75, 3.05) is 32.8 Å². The quantitative estimate of drug-likeness (QED) is 0.417. The molecule has 1 heterocycles. The van der Waals surface area contributed by atoms with E-state index < -0.39 is 6.10 Å². The van der Waals surface area contributed by atoms with E-state index in [0.717, 1.165) is 56.0 Å². The first-order valence-corrected chi connectivity index (χ1v) is 12.9. The summed E-state index contributed by atoms with van der Waals surface area (Å²) in [5.41, 5.74) is 3.97. The molecular weight excluding hydrogens is 426 g/mol. The van der Waals surface area contributed by atoms with E-state index in [1.54, 1.807) is 6.92 Å². The number of nitrogens with one attached hydrogen (secondary N) is 1. The number of aryl methyl sites for hydroxylation is 2. The van der Waals surface area contributed by atoms with E-state index in [4.69, 9.17) is 4.74 Å². The van der Waals surface area contributed by atoms with Crippen LogP contribution in [0.2, 0.25) is 0 Å². The Morgan fingerprint density at radius 3 is 2.32 bits per heavy atom. The van der Waals surface area contributed by atoms with Gasteiger partial charge in [0.25, 0.3) is 5.91 Å². The average molecular weight is 472 g/mol. The molecule has 0 spiro atoms.